The van der Waals surface area contributed by atoms with Crippen molar-refractivity contribution in [3.8, 4) is 0 Å². The van der Waals surface area contributed by atoms with Gasteiger partial charge in [0, 0.05) is 30.4 Å². The maximum absolute atomic E-state index is 4.48. The first-order chi connectivity index (χ1) is 7.75. The SMILES string of the molecule is CC(C)Nc1ccc(C2=NCCCN2)cc1. The van der Waals surface area contributed by atoms with Crippen LogP contribution in [0.4, 0.5) is 5.69 Å². The van der Waals surface area contributed by atoms with Gasteiger partial charge in [-0.2, -0.15) is 0 Å². The number of hydrogen-bond donors (Lipinski definition) is 2. The molecule has 3 nitrogen and oxygen atoms in total. The van der Waals surface area contributed by atoms with Gasteiger partial charge < -0.3 is 10.6 Å². The van der Waals surface area contributed by atoms with E-state index < -0.39 is 0 Å². The molecular formula is C13H19N3. The van der Waals surface area contributed by atoms with Gasteiger partial charge in [-0.25, -0.2) is 0 Å². The van der Waals surface area contributed by atoms with Crippen LogP contribution in [0.5, 0.6) is 0 Å². The highest BCUT2D eigenvalue weighted by Crippen LogP contribution is 2.11. The molecule has 1 heterocycles. The minimum absolute atomic E-state index is 0.469. The normalized spacial score (nSPS) is 15.6. The van der Waals surface area contributed by atoms with Crippen LogP contribution >= 0.6 is 0 Å². The number of aliphatic imine (C=N–C) groups is 1. The number of nitrogens with zero attached hydrogens (tertiary/aromatic N) is 1. The summed E-state index contributed by atoms with van der Waals surface area (Å²) in [5.74, 6) is 1.03. The van der Waals surface area contributed by atoms with E-state index in [1.807, 2.05) is 0 Å². The fourth-order valence-electron chi connectivity index (χ4n) is 1.78. The molecule has 0 saturated carbocycles. The molecule has 16 heavy (non-hydrogen) atoms. The molecule has 1 aliphatic heterocycles. The van der Waals surface area contributed by atoms with Gasteiger partial charge in [0.05, 0.1) is 0 Å². The van der Waals surface area contributed by atoms with Crippen LogP contribution in [0.3, 0.4) is 0 Å². The van der Waals surface area contributed by atoms with Crippen molar-refractivity contribution < 1.29 is 0 Å². The van der Waals surface area contributed by atoms with Gasteiger partial charge in [0.25, 0.3) is 0 Å². The van der Waals surface area contributed by atoms with Crippen molar-refractivity contribution in [3.05, 3.63) is 29.8 Å². The molecule has 2 N–H and O–H groups in total. The molecule has 3 heteroatoms. The van der Waals surface area contributed by atoms with Crippen molar-refractivity contribution in [3.63, 3.8) is 0 Å². The number of benzene rings is 1. The summed E-state index contributed by atoms with van der Waals surface area (Å²) in [6.07, 6.45) is 1.14. The highest BCUT2D eigenvalue weighted by Gasteiger charge is 2.06. The molecule has 1 aromatic carbocycles. The van der Waals surface area contributed by atoms with Gasteiger partial charge in [-0.1, -0.05) is 0 Å². The molecule has 0 saturated heterocycles. The van der Waals surface area contributed by atoms with E-state index in [4.69, 9.17) is 0 Å². The van der Waals surface area contributed by atoms with Crippen molar-refractivity contribution in [2.75, 3.05) is 18.4 Å². The van der Waals surface area contributed by atoms with E-state index in [1.54, 1.807) is 0 Å². The fraction of sp³-hybridized carbons (Fsp3) is 0.462. The minimum Gasteiger partial charge on any atom is -0.383 e. The maximum Gasteiger partial charge on any atom is 0.128 e. The second kappa shape index (κ2) is 5.01. The molecule has 0 spiro atoms. The second-order valence-electron chi connectivity index (χ2n) is 4.39. The third-order valence-corrected chi connectivity index (χ3v) is 2.51. The van der Waals surface area contributed by atoms with Gasteiger partial charge in [-0.05, 0) is 44.5 Å². The molecule has 0 unspecified atom stereocenters. The molecule has 0 aliphatic carbocycles. The highest BCUT2D eigenvalue weighted by atomic mass is 15.0. The lowest BCUT2D eigenvalue weighted by molar-refractivity contribution is 0.742. The third kappa shape index (κ3) is 2.75. The van der Waals surface area contributed by atoms with Crippen LogP contribution in [-0.2, 0) is 0 Å². The Balaban J connectivity index is 2.09. The third-order valence-electron chi connectivity index (χ3n) is 2.51. The number of nitrogens with one attached hydrogen (secondary N) is 2. The summed E-state index contributed by atoms with van der Waals surface area (Å²) in [6.45, 7) is 6.25. The van der Waals surface area contributed by atoms with E-state index in [9.17, 15) is 0 Å². The molecule has 1 aliphatic rings. The molecule has 0 amide bonds. The summed E-state index contributed by atoms with van der Waals surface area (Å²) >= 11 is 0. The van der Waals surface area contributed by atoms with Crippen LogP contribution in [-0.4, -0.2) is 25.0 Å². The number of amidine groups is 1. The van der Waals surface area contributed by atoms with Gasteiger partial charge in [-0.15, -0.1) is 0 Å². The van der Waals surface area contributed by atoms with Crippen molar-refractivity contribution in [2.45, 2.75) is 26.3 Å². The predicted octanol–water partition coefficient (Wildman–Crippen LogP) is 2.25. The lowest BCUT2D eigenvalue weighted by Crippen LogP contribution is -2.30. The first-order valence-corrected chi connectivity index (χ1v) is 5.91. The predicted molar refractivity (Wildman–Crippen MR) is 69.2 cm³/mol. The van der Waals surface area contributed by atoms with Crippen molar-refractivity contribution in [1.29, 1.82) is 0 Å². The Morgan fingerprint density at radius 2 is 2.00 bits per heavy atom. The van der Waals surface area contributed by atoms with E-state index in [0.29, 0.717) is 6.04 Å². The molecule has 86 valence electrons. The van der Waals surface area contributed by atoms with E-state index in [-0.39, 0.29) is 0 Å². The summed E-state index contributed by atoms with van der Waals surface area (Å²) in [4.78, 5) is 4.48. The number of rotatable bonds is 3. The van der Waals surface area contributed by atoms with Crippen LogP contribution in [0.25, 0.3) is 0 Å². The van der Waals surface area contributed by atoms with E-state index in [1.165, 1.54) is 5.56 Å². The van der Waals surface area contributed by atoms with Crippen LogP contribution in [0.2, 0.25) is 0 Å². The first-order valence-electron chi connectivity index (χ1n) is 5.91. The van der Waals surface area contributed by atoms with E-state index in [0.717, 1.165) is 31.0 Å². The quantitative estimate of drug-likeness (QED) is 0.814. The molecule has 1 aromatic rings. The zero-order valence-electron chi connectivity index (χ0n) is 9.96. The van der Waals surface area contributed by atoms with Gasteiger partial charge in [0.15, 0.2) is 0 Å². The number of hydrogen-bond acceptors (Lipinski definition) is 3. The van der Waals surface area contributed by atoms with Crippen molar-refractivity contribution >= 4 is 11.5 Å². The molecule has 0 bridgehead atoms. The summed E-state index contributed by atoms with van der Waals surface area (Å²) in [5.41, 5.74) is 2.34. The Hall–Kier alpha value is -1.51. The molecule has 0 radical (unpaired) electrons. The fourth-order valence-corrected chi connectivity index (χ4v) is 1.78. The largest absolute Gasteiger partial charge is 0.383 e. The molecule has 0 atom stereocenters. The Kier molecular flexibility index (Phi) is 3.44. The van der Waals surface area contributed by atoms with Crippen molar-refractivity contribution in [1.82, 2.24) is 5.32 Å². The molecule has 2 rings (SSSR count). The Morgan fingerprint density at radius 1 is 1.25 bits per heavy atom. The van der Waals surface area contributed by atoms with Gasteiger partial charge in [-0.3, -0.25) is 4.99 Å². The smallest absolute Gasteiger partial charge is 0.128 e. The lowest BCUT2D eigenvalue weighted by Gasteiger charge is -2.15. The zero-order valence-corrected chi connectivity index (χ0v) is 9.96. The number of anilines is 1. The maximum atomic E-state index is 4.48. The van der Waals surface area contributed by atoms with Gasteiger partial charge >= 0.3 is 0 Å². The molecule has 0 aromatic heterocycles. The average molecular weight is 217 g/mol. The topological polar surface area (TPSA) is 36.4 Å². The first kappa shape index (κ1) is 11.0. The summed E-state index contributed by atoms with van der Waals surface area (Å²) in [7, 11) is 0. The summed E-state index contributed by atoms with van der Waals surface area (Å²) < 4.78 is 0. The Morgan fingerprint density at radius 3 is 2.56 bits per heavy atom. The van der Waals surface area contributed by atoms with E-state index in [2.05, 4.69) is 53.7 Å². The van der Waals surface area contributed by atoms with Gasteiger partial charge in [0.2, 0.25) is 0 Å². The summed E-state index contributed by atoms with van der Waals surface area (Å²) in [6, 6.07) is 8.91. The van der Waals surface area contributed by atoms with E-state index >= 15 is 0 Å². The van der Waals surface area contributed by atoms with Gasteiger partial charge in [0.1, 0.15) is 5.84 Å². The zero-order chi connectivity index (χ0) is 11.4. The standard InChI is InChI=1S/C13H19N3/c1-10(2)16-12-6-4-11(5-7-12)13-14-8-3-9-15-13/h4-7,10,16H,3,8-9H2,1-2H3,(H,14,15). The molecular weight excluding hydrogens is 198 g/mol. The average Bonchev–Trinajstić information content (AvgIpc) is 2.30. The van der Waals surface area contributed by atoms with Crippen LogP contribution in [0.1, 0.15) is 25.8 Å². The second-order valence-corrected chi connectivity index (χ2v) is 4.39. The molecule has 0 fully saturated rings. The Labute approximate surface area is 97.0 Å². The minimum atomic E-state index is 0.469. The van der Waals surface area contributed by atoms with Crippen molar-refractivity contribution in [2.24, 2.45) is 4.99 Å². The van der Waals surface area contributed by atoms with Crippen LogP contribution in [0, 0.1) is 0 Å². The van der Waals surface area contributed by atoms with Crippen LogP contribution < -0.4 is 10.6 Å². The monoisotopic (exact) mass is 217 g/mol. The van der Waals surface area contributed by atoms with Crippen LogP contribution in [0.15, 0.2) is 29.3 Å². The summed E-state index contributed by atoms with van der Waals surface area (Å²) in [5, 5.41) is 6.70. The lowest BCUT2D eigenvalue weighted by atomic mass is 10.1. The Bertz CT molecular complexity index is 365. The highest BCUT2D eigenvalue weighted by molar-refractivity contribution is 5.99.